The third-order valence-electron chi connectivity index (χ3n) is 5.58. The molecule has 0 amide bonds. The van der Waals surface area contributed by atoms with Crippen LogP contribution in [0, 0.1) is 29.6 Å². The summed E-state index contributed by atoms with van der Waals surface area (Å²) in [5, 5.41) is 3.64. The highest BCUT2D eigenvalue weighted by molar-refractivity contribution is 4.79. The maximum absolute atomic E-state index is 3.64. The molecule has 0 spiro atoms. The Morgan fingerprint density at radius 1 is 0.950 bits per heavy atom. The lowest BCUT2D eigenvalue weighted by atomic mass is 9.70. The maximum atomic E-state index is 3.64. The molecule has 0 aliphatic carbocycles. The number of hydrogen-bond acceptors (Lipinski definition) is 1. The second kappa shape index (κ2) is 9.82. The van der Waals surface area contributed by atoms with Crippen LogP contribution in [0.1, 0.15) is 79.6 Å². The van der Waals surface area contributed by atoms with Crippen molar-refractivity contribution in [3.05, 3.63) is 0 Å². The Hall–Kier alpha value is -0.0400. The van der Waals surface area contributed by atoms with Gasteiger partial charge in [0.15, 0.2) is 0 Å². The molecular weight excluding hydrogens is 242 g/mol. The van der Waals surface area contributed by atoms with Gasteiger partial charge in [0.2, 0.25) is 0 Å². The molecule has 4 atom stereocenters. The van der Waals surface area contributed by atoms with E-state index < -0.39 is 0 Å². The standard InChI is InChI=1S/C19H39N/c1-6-8-17(5)19-11-10-16(4)12-14-20-13-7-9-18(19)15(2)3/h15-20H,6-14H2,1-5H3/t16-,17?,18+,19?/m0/s1. The van der Waals surface area contributed by atoms with Crippen molar-refractivity contribution in [3.8, 4) is 0 Å². The molecule has 1 N–H and O–H groups in total. The zero-order chi connectivity index (χ0) is 15.0. The van der Waals surface area contributed by atoms with Gasteiger partial charge in [-0.3, -0.25) is 0 Å². The number of hydrogen-bond donors (Lipinski definition) is 1. The van der Waals surface area contributed by atoms with Crippen LogP contribution < -0.4 is 5.32 Å². The summed E-state index contributed by atoms with van der Waals surface area (Å²) >= 11 is 0. The minimum Gasteiger partial charge on any atom is -0.317 e. The SMILES string of the molecule is CCCC(C)C1CC[C@H](C)CCNCCC[C@@H]1C(C)C. The lowest BCUT2D eigenvalue weighted by Gasteiger charge is -2.35. The normalized spacial score (nSPS) is 31.8. The topological polar surface area (TPSA) is 12.0 Å². The molecule has 0 aromatic carbocycles. The predicted molar refractivity (Wildman–Crippen MR) is 91.0 cm³/mol. The molecule has 1 saturated heterocycles. The first kappa shape index (κ1) is 18.0. The summed E-state index contributed by atoms with van der Waals surface area (Å²) in [7, 11) is 0. The first-order valence-electron chi connectivity index (χ1n) is 9.26. The average Bonchev–Trinajstić information content (AvgIpc) is 2.43. The second-order valence-corrected chi connectivity index (χ2v) is 7.70. The molecule has 0 aromatic heterocycles. The largest absolute Gasteiger partial charge is 0.317 e. The number of nitrogens with one attached hydrogen (secondary N) is 1. The van der Waals surface area contributed by atoms with E-state index in [-0.39, 0.29) is 0 Å². The molecule has 0 aromatic rings. The highest BCUT2D eigenvalue weighted by Crippen LogP contribution is 2.37. The van der Waals surface area contributed by atoms with Gasteiger partial charge in [-0.1, -0.05) is 53.9 Å². The summed E-state index contributed by atoms with van der Waals surface area (Å²) in [5.41, 5.74) is 0. The van der Waals surface area contributed by atoms with Crippen LogP contribution in [0.3, 0.4) is 0 Å². The molecule has 1 rings (SSSR count). The minimum absolute atomic E-state index is 0.843. The number of rotatable bonds is 4. The van der Waals surface area contributed by atoms with Gasteiger partial charge in [0.25, 0.3) is 0 Å². The van der Waals surface area contributed by atoms with Gasteiger partial charge in [0, 0.05) is 0 Å². The molecular formula is C19H39N. The first-order valence-corrected chi connectivity index (χ1v) is 9.26. The summed E-state index contributed by atoms with van der Waals surface area (Å²) in [4.78, 5) is 0. The smallest absolute Gasteiger partial charge is 0.00464 e. The fourth-order valence-electron chi connectivity index (χ4n) is 4.19. The summed E-state index contributed by atoms with van der Waals surface area (Å²) in [6.45, 7) is 14.7. The quantitative estimate of drug-likeness (QED) is 0.717. The molecule has 0 saturated carbocycles. The van der Waals surface area contributed by atoms with Gasteiger partial charge in [-0.2, -0.15) is 0 Å². The maximum Gasteiger partial charge on any atom is -0.00464 e. The average molecular weight is 282 g/mol. The van der Waals surface area contributed by atoms with E-state index >= 15 is 0 Å². The summed E-state index contributed by atoms with van der Waals surface area (Å²) in [6.07, 6.45) is 9.82. The zero-order valence-electron chi connectivity index (χ0n) is 14.8. The third kappa shape index (κ3) is 6.16. The van der Waals surface area contributed by atoms with Crippen LogP contribution >= 0.6 is 0 Å². The summed E-state index contributed by atoms with van der Waals surface area (Å²) < 4.78 is 0. The molecule has 2 unspecified atom stereocenters. The van der Waals surface area contributed by atoms with Crippen LogP contribution in [-0.4, -0.2) is 13.1 Å². The van der Waals surface area contributed by atoms with Crippen molar-refractivity contribution < 1.29 is 0 Å². The summed E-state index contributed by atoms with van der Waals surface area (Å²) in [5.74, 6) is 4.53. The van der Waals surface area contributed by atoms with Crippen molar-refractivity contribution in [1.82, 2.24) is 5.32 Å². The van der Waals surface area contributed by atoms with Crippen LogP contribution in [0.4, 0.5) is 0 Å². The van der Waals surface area contributed by atoms with Gasteiger partial charge in [0.1, 0.15) is 0 Å². The van der Waals surface area contributed by atoms with Crippen LogP contribution in [0.2, 0.25) is 0 Å². The molecule has 1 nitrogen and oxygen atoms in total. The van der Waals surface area contributed by atoms with Crippen molar-refractivity contribution in [3.63, 3.8) is 0 Å². The van der Waals surface area contributed by atoms with Gasteiger partial charge in [0.05, 0.1) is 0 Å². The fourth-order valence-corrected chi connectivity index (χ4v) is 4.19. The Morgan fingerprint density at radius 3 is 2.35 bits per heavy atom. The Balaban J connectivity index is 2.75. The van der Waals surface area contributed by atoms with E-state index in [4.69, 9.17) is 0 Å². The minimum atomic E-state index is 0.843. The van der Waals surface area contributed by atoms with Crippen molar-refractivity contribution in [2.75, 3.05) is 13.1 Å². The second-order valence-electron chi connectivity index (χ2n) is 7.70. The van der Waals surface area contributed by atoms with E-state index in [1.54, 1.807) is 0 Å². The van der Waals surface area contributed by atoms with Crippen LogP contribution in [0.5, 0.6) is 0 Å². The van der Waals surface area contributed by atoms with E-state index in [0.717, 1.165) is 29.6 Å². The van der Waals surface area contributed by atoms with E-state index in [2.05, 4.69) is 39.9 Å². The van der Waals surface area contributed by atoms with Gasteiger partial charge < -0.3 is 5.32 Å². The molecule has 20 heavy (non-hydrogen) atoms. The first-order chi connectivity index (χ1) is 9.56. The van der Waals surface area contributed by atoms with Gasteiger partial charge in [-0.05, 0) is 68.4 Å². The Morgan fingerprint density at radius 2 is 1.70 bits per heavy atom. The predicted octanol–water partition coefficient (Wildman–Crippen LogP) is 5.50. The van der Waals surface area contributed by atoms with Crippen LogP contribution in [0.25, 0.3) is 0 Å². The Labute approximate surface area is 128 Å². The molecule has 0 radical (unpaired) electrons. The highest BCUT2D eigenvalue weighted by Gasteiger charge is 2.28. The molecule has 1 aliphatic heterocycles. The Bertz CT molecular complexity index is 236. The van der Waals surface area contributed by atoms with Crippen LogP contribution in [-0.2, 0) is 0 Å². The van der Waals surface area contributed by atoms with E-state index in [9.17, 15) is 0 Å². The van der Waals surface area contributed by atoms with Crippen molar-refractivity contribution >= 4 is 0 Å². The van der Waals surface area contributed by atoms with Crippen molar-refractivity contribution in [1.29, 1.82) is 0 Å². The van der Waals surface area contributed by atoms with Crippen molar-refractivity contribution in [2.24, 2.45) is 29.6 Å². The van der Waals surface area contributed by atoms with E-state index in [0.29, 0.717) is 0 Å². The van der Waals surface area contributed by atoms with E-state index in [1.165, 1.54) is 58.0 Å². The highest BCUT2D eigenvalue weighted by atomic mass is 14.8. The van der Waals surface area contributed by atoms with Gasteiger partial charge in [-0.15, -0.1) is 0 Å². The molecule has 1 aliphatic rings. The molecule has 0 bridgehead atoms. The molecule has 1 heteroatoms. The lowest BCUT2D eigenvalue weighted by Crippen LogP contribution is -2.27. The van der Waals surface area contributed by atoms with E-state index in [1.807, 2.05) is 0 Å². The molecule has 120 valence electrons. The van der Waals surface area contributed by atoms with Crippen molar-refractivity contribution in [2.45, 2.75) is 79.6 Å². The molecule has 1 heterocycles. The monoisotopic (exact) mass is 281 g/mol. The Kier molecular flexibility index (Phi) is 8.84. The van der Waals surface area contributed by atoms with Crippen LogP contribution in [0.15, 0.2) is 0 Å². The third-order valence-corrected chi connectivity index (χ3v) is 5.58. The zero-order valence-corrected chi connectivity index (χ0v) is 14.8. The fraction of sp³-hybridized carbons (Fsp3) is 1.00. The lowest BCUT2D eigenvalue weighted by molar-refractivity contribution is 0.147. The van der Waals surface area contributed by atoms with Gasteiger partial charge >= 0.3 is 0 Å². The molecule has 1 fully saturated rings. The van der Waals surface area contributed by atoms with Gasteiger partial charge in [-0.25, -0.2) is 0 Å². The summed E-state index contributed by atoms with van der Waals surface area (Å²) in [6, 6.07) is 0.